The summed E-state index contributed by atoms with van der Waals surface area (Å²) in [5.74, 6) is 0.695. The Morgan fingerprint density at radius 3 is 2.75 bits per heavy atom. The summed E-state index contributed by atoms with van der Waals surface area (Å²) >= 11 is 5.08. The van der Waals surface area contributed by atoms with Gasteiger partial charge in [0, 0.05) is 11.9 Å². The van der Waals surface area contributed by atoms with Gasteiger partial charge >= 0.3 is 0 Å². The number of aryl methyl sites for hydroxylation is 3. The quantitative estimate of drug-likeness (QED) is 0.769. The summed E-state index contributed by atoms with van der Waals surface area (Å²) in [4.78, 5) is 13.2. The highest BCUT2D eigenvalue weighted by molar-refractivity contribution is 9.10. The molecule has 2 aromatic rings. The first-order valence-electron chi connectivity index (χ1n) is 6.36. The van der Waals surface area contributed by atoms with Crippen LogP contribution < -0.4 is 0 Å². The second kappa shape index (κ2) is 6.59. The van der Waals surface area contributed by atoms with Crippen molar-refractivity contribution in [1.82, 2.24) is 9.78 Å². The zero-order chi connectivity index (χ0) is 14.7. The fourth-order valence-electron chi connectivity index (χ4n) is 1.98. The molecule has 0 amide bonds. The summed E-state index contributed by atoms with van der Waals surface area (Å²) in [7, 11) is 1.87. The van der Waals surface area contributed by atoms with Gasteiger partial charge in [0.05, 0.1) is 28.0 Å². The van der Waals surface area contributed by atoms with E-state index in [1.165, 1.54) is 5.56 Å². The summed E-state index contributed by atoms with van der Waals surface area (Å²) < 4.78 is 2.71. The zero-order valence-corrected chi connectivity index (χ0v) is 14.2. The number of ketones is 1. The topological polar surface area (TPSA) is 34.9 Å². The smallest absolute Gasteiger partial charge is 0.149 e. The van der Waals surface area contributed by atoms with E-state index in [-0.39, 0.29) is 5.78 Å². The highest BCUT2D eigenvalue weighted by Gasteiger charge is 2.14. The Bertz CT molecular complexity index is 637. The molecule has 0 unspecified atom stereocenters. The van der Waals surface area contributed by atoms with Crippen LogP contribution in [0.3, 0.4) is 0 Å². The van der Waals surface area contributed by atoms with Crippen LogP contribution in [0.25, 0.3) is 0 Å². The molecule has 20 heavy (non-hydrogen) atoms. The first-order chi connectivity index (χ1) is 9.47. The number of rotatable bonds is 5. The van der Waals surface area contributed by atoms with Gasteiger partial charge < -0.3 is 0 Å². The molecule has 2 rings (SSSR count). The molecular weight excluding hydrogens is 336 g/mol. The van der Waals surface area contributed by atoms with Gasteiger partial charge in [0.2, 0.25) is 0 Å². The molecule has 0 fully saturated rings. The van der Waals surface area contributed by atoms with Gasteiger partial charge in [-0.15, -0.1) is 11.8 Å². The molecule has 1 aromatic heterocycles. The van der Waals surface area contributed by atoms with Crippen molar-refractivity contribution in [3.63, 3.8) is 0 Å². The zero-order valence-electron chi connectivity index (χ0n) is 11.8. The van der Waals surface area contributed by atoms with Crippen molar-refractivity contribution in [2.45, 2.75) is 25.2 Å². The van der Waals surface area contributed by atoms with Gasteiger partial charge in [0.1, 0.15) is 5.78 Å². The Hall–Kier alpha value is -1.07. The number of carbonyl (C=O) groups is 1. The number of aromatic nitrogens is 2. The van der Waals surface area contributed by atoms with Gasteiger partial charge in [0.25, 0.3) is 0 Å². The van der Waals surface area contributed by atoms with Gasteiger partial charge in [-0.1, -0.05) is 17.7 Å². The van der Waals surface area contributed by atoms with Crippen LogP contribution in [0, 0.1) is 13.8 Å². The molecule has 0 N–H and O–H groups in total. The Morgan fingerprint density at radius 1 is 1.40 bits per heavy atom. The molecule has 0 spiro atoms. The van der Waals surface area contributed by atoms with Crippen molar-refractivity contribution in [1.29, 1.82) is 0 Å². The van der Waals surface area contributed by atoms with E-state index in [0.717, 1.165) is 20.8 Å². The summed E-state index contributed by atoms with van der Waals surface area (Å²) in [6, 6.07) is 8.21. The van der Waals surface area contributed by atoms with Crippen LogP contribution in [-0.2, 0) is 18.3 Å². The van der Waals surface area contributed by atoms with E-state index in [4.69, 9.17) is 0 Å². The van der Waals surface area contributed by atoms with Crippen molar-refractivity contribution in [3.05, 3.63) is 45.7 Å². The van der Waals surface area contributed by atoms with E-state index in [1.807, 2.05) is 26.1 Å². The van der Waals surface area contributed by atoms with E-state index in [0.29, 0.717) is 12.2 Å². The van der Waals surface area contributed by atoms with Gasteiger partial charge in [-0.3, -0.25) is 9.48 Å². The monoisotopic (exact) mass is 352 g/mol. The molecular formula is C15H17BrN2OS. The van der Waals surface area contributed by atoms with Crippen LogP contribution in [0.15, 0.2) is 33.6 Å². The number of hydrogen-bond donors (Lipinski definition) is 0. The van der Waals surface area contributed by atoms with Crippen LogP contribution in [0.2, 0.25) is 0 Å². The normalized spacial score (nSPS) is 10.8. The summed E-state index contributed by atoms with van der Waals surface area (Å²) in [5.41, 5.74) is 3.08. The molecule has 0 aliphatic heterocycles. The minimum Gasteiger partial charge on any atom is -0.298 e. The molecule has 0 aliphatic carbocycles. The summed E-state index contributed by atoms with van der Waals surface area (Å²) in [5, 5.41) is 4.30. The van der Waals surface area contributed by atoms with Gasteiger partial charge in [-0.05, 0) is 41.9 Å². The second-order valence-corrected chi connectivity index (χ2v) is 6.63. The third-order valence-corrected chi connectivity index (χ3v) is 5.10. The lowest BCUT2D eigenvalue weighted by molar-refractivity contribution is -0.116. The van der Waals surface area contributed by atoms with Crippen molar-refractivity contribution < 1.29 is 4.79 Å². The van der Waals surface area contributed by atoms with E-state index < -0.39 is 0 Å². The SMILES string of the molecule is Cc1cccc(SCC(=O)Cc2c(Br)c(C)nn2C)c1. The lowest BCUT2D eigenvalue weighted by Gasteiger charge is -2.04. The average Bonchev–Trinajstić information content (AvgIpc) is 2.63. The predicted octanol–water partition coefficient (Wildman–Crippen LogP) is 3.70. The Labute approximate surface area is 131 Å². The highest BCUT2D eigenvalue weighted by atomic mass is 79.9. The second-order valence-electron chi connectivity index (χ2n) is 4.79. The Balaban J connectivity index is 1.96. The number of thioether (sulfide) groups is 1. The van der Waals surface area contributed by atoms with E-state index in [1.54, 1.807) is 16.4 Å². The number of nitrogens with zero attached hydrogens (tertiary/aromatic N) is 2. The molecule has 106 valence electrons. The molecule has 5 heteroatoms. The maximum Gasteiger partial charge on any atom is 0.149 e. The molecule has 1 heterocycles. The number of benzene rings is 1. The lowest BCUT2D eigenvalue weighted by Crippen LogP contribution is -2.10. The molecule has 0 aliphatic rings. The van der Waals surface area contributed by atoms with Crippen LogP contribution in [0.1, 0.15) is 17.0 Å². The first kappa shape index (κ1) is 15.3. The third-order valence-electron chi connectivity index (χ3n) is 3.02. The standard InChI is InChI=1S/C15H17BrN2OS/c1-10-5-4-6-13(7-10)20-9-12(19)8-14-15(16)11(2)17-18(14)3/h4-7H,8-9H2,1-3H3. The molecule has 3 nitrogen and oxygen atoms in total. The molecule has 0 saturated carbocycles. The molecule has 0 bridgehead atoms. The van der Waals surface area contributed by atoms with Crippen LogP contribution >= 0.6 is 27.7 Å². The fraction of sp³-hybridized carbons (Fsp3) is 0.333. The van der Waals surface area contributed by atoms with E-state index >= 15 is 0 Å². The van der Waals surface area contributed by atoms with Crippen molar-refractivity contribution >= 4 is 33.5 Å². The average molecular weight is 353 g/mol. The number of Topliss-reactive ketones (excluding diaryl/α,β-unsaturated/α-hetero) is 1. The summed E-state index contributed by atoms with van der Waals surface area (Å²) in [6.07, 6.45) is 0.413. The maximum absolute atomic E-state index is 12.1. The van der Waals surface area contributed by atoms with Gasteiger partial charge in [-0.2, -0.15) is 5.10 Å². The van der Waals surface area contributed by atoms with Gasteiger partial charge in [-0.25, -0.2) is 0 Å². The van der Waals surface area contributed by atoms with Crippen LogP contribution in [-0.4, -0.2) is 21.3 Å². The molecule has 1 aromatic carbocycles. The maximum atomic E-state index is 12.1. The molecule has 0 radical (unpaired) electrons. The van der Waals surface area contributed by atoms with Crippen molar-refractivity contribution in [3.8, 4) is 0 Å². The molecule has 0 atom stereocenters. The van der Waals surface area contributed by atoms with Gasteiger partial charge in [0.15, 0.2) is 0 Å². The summed E-state index contributed by atoms with van der Waals surface area (Å²) in [6.45, 7) is 3.99. The Morgan fingerprint density at radius 2 is 2.15 bits per heavy atom. The number of halogens is 1. The van der Waals surface area contributed by atoms with Crippen LogP contribution in [0.5, 0.6) is 0 Å². The lowest BCUT2D eigenvalue weighted by atomic mass is 10.2. The van der Waals surface area contributed by atoms with Crippen molar-refractivity contribution in [2.75, 3.05) is 5.75 Å². The minimum atomic E-state index is 0.209. The Kier molecular flexibility index (Phi) is 5.05. The largest absolute Gasteiger partial charge is 0.298 e. The third kappa shape index (κ3) is 3.73. The fourth-order valence-corrected chi connectivity index (χ4v) is 3.33. The van der Waals surface area contributed by atoms with E-state index in [2.05, 4.69) is 40.1 Å². The van der Waals surface area contributed by atoms with Crippen LogP contribution in [0.4, 0.5) is 0 Å². The number of hydrogen-bond acceptors (Lipinski definition) is 3. The van der Waals surface area contributed by atoms with E-state index in [9.17, 15) is 4.79 Å². The molecule has 0 saturated heterocycles. The highest BCUT2D eigenvalue weighted by Crippen LogP contribution is 2.23. The minimum absolute atomic E-state index is 0.209. The predicted molar refractivity (Wildman–Crippen MR) is 86.3 cm³/mol. The first-order valence-corrected chi connectivity index (χ1v) is 8.14. The van der Waals surface area contributed by atoms with Crippen molar-refractivity contribution in [2.24, 2.45) is 7.05 Å². The number of carbonyl (C=O) groups excluding carboxylic acids is 1.